The molecule has 0 spiro atoms. The molecule has 0 fully saturated rings. The minimum Gasteiger partial charge on any atom is -0.352 e. The molecule has 156 valence electrons. The van der Waals surface area contributed by atoms with E-state index in [0.717, 1.165) is 5.56 Å². The molecule has 0 bridgehead atoms. The highest BCUT2D eigenvalue weighted by Crippen LogP contribution is 2.20. The minimum absolute atomic E-state index is 0.132. The lowest BCUT2D eigenvalue weighted by Crippen LogP contribution is -2.28. The van der Waals surface area contributed by atoms with Crippen molar-refractivity contribution >= 4 is 29.3 Å². The van der Waals surface area contributed by atoms with E-state index >= 15 is 0 Å². The molecule has 2 amide bonds. The molecule has 0 radical (unpaired) electrons. The first-order valence-electron chi connectivity index (χ1n) is 9.71. The van der Waals surface area contributed by atoms with Crippen molar-refractivity contribution in [2.75, 3.05) is 17.6 Å². The lowest BCUT2D eigenvalue weighted by Gasteiger charge is -2.12. The standard InChI is InChI=1S/C22H25N5O2S/c1-14(2)12-23-21(29)17-6-4-5-7-18(17)24-19(28)13-30-22-25-20(26-27-22)16-10-8-15(3)9-11-16/h4-11,14H,12-13H2,1-3H3,(H,23,29)(H,24,28)(H,25,26,27). The number of carbonyl (C=O) groups excluding carboxylic acids is 2. The quantitative estimate of drug-likeness (QED) is 0.477. The first-order valence-corrected chi connectivity index (χ1v) is 10.7. The van der Waals surface area contributed by atoms with Gasteiger partial charge in [0.2, 0.25) is 11.1 Å². The molecule has 0 aliphatic rings. The minimum atomic E-state index is -0.231. The number of anilines is 1. The maximum atomic E-state index is 12.4. The zero-order chi connectivity index (χ0) is 21.5. The summed E-state index contributed by atoms with van der Waals surface area (Å²) >= 11 is 1.23. The number of hydrogen-bond acceptors (Lipinski definition) is 5. The number of aromatic nitrogens is 3. The Morgan fingerprint density at radius 1 is 1.10 bits per heavy atom. The maximum Gasteiger partial charge on any atom is 0.253 e. The maximum absolute atomic E-state index is 12.4. The molecule has 1 aromatic heterocycles. The summed E-state index contributed by atoms with van der Waals surface area (Å²) in [7, 11) is 0. The summed E-state index contributed by atoms with van der Waals surface area (Å²) in [5.74, 6) is 0.700. The molecule has 0 aliphatic heterocycles. The van der Waals surface area contributed by atoms with Crippen LogP contribution in [0.5, 0.6) is 0 Å². The fourth-order valence-electron chi connectivity index (χ4n) is 2.65. The summed E-state index contributed by atoms with van der Waals surface area (Å²) in [5.41, 5.74) is 3.03. The van der Waals surface area contributed by atoms with Crippen molar-refractivity contribution < 1.29 is 9.59 Å². The van der Waals surface area contributed by atoms with Crippen molar-refractivity contribution in [3.05, 3.63) is 59.7 Å². The number of hydrogen-bond donors (Lipinski definition) is 3. The van der Waals surface area contributed by atoms with Crippen LogP contribution in [0.1, 0.15) is 29.8 Å². The van der Waals surface area contributed by atoms with Crippen LogP contribution in [0.15, 0.2) is 53.7 Å². The van der Waals surface area contributed by atoms with E-state index in [2.05, 4.69) is 25.8 Å². The van der Waals surface area contributed by atoms with Gasteiger partial charge in [-0.1, -0.05) is 67.6 Å². The number of carbonyl (C=O) groups is 2. The van der Waals surface area contributed by atoms with Gasteiger partial charge in [-0.25, -0.2) is 4.98 Å². The predicted molar refractivity (Wildman–Crippen MR) is 120 cm³/mol. The van der Waals surface area contributed by atoms with Gasteiger partial charge in [0.1, 0.15) is 0 Å². The van der Waals surface area contributed by atoms with Gasteiger partial charge in [-0.15, -0.1) is 5.10 Å². The summed E-state index contributed by atoms with van der Waals surface area (Å²) in [6.45, 7) is 6.65. The summed E-state index contributed by atoms with van der Waals surface area (Å²) in [5, 5.41) is 13.2. The highest BCUT2D eigenvalue weighted by molar-refractivity contribution is 7.99. The smallest absolute Gasteiger partial charge is 0.253 e. The van der Waals surface area contributed by atoms with Gasteiger partial charge in [0.05, 0.1) is 17.0 Å². The van der Waals surface area contributed by atoms with Crippen LogP contribution in [0.2, 0.25) is 0 Å². The van der Waals surface area contributed by atoms with Crippen molar-refractivity contribution in [2.45, 2.75) is 25.9 Å². The van der Waals surface area contributed by atoms with Crippen LogP contribution in [-0.4, -0.2) is 39.3 Å². The van der Waals surface area contributed by atoms with Gasteiger partial charge in [-0.05, 0) is 25.0 Å². The number of aromatic amines is 1. The van der Waals surface area contributed by atoms with E-state index in [1.807, 2.05) is 45.0 Å². The van der Waals surface area contributed by atoms with Crippen LogP contribution < -0.4 is 10.6 Å². The van der Waals surface area contributed by atoms with E-state index in [0.29, 0.717) is 34.7 Å². The van der Waals surface area contributed by atoms with Crippen molar-refractivity contribution in [3.8, 4) is 11.4 Å². The number of amides is 2. The number of H-pyrrole nitrogens is 1. The molecule has 7 nitrogen and oxygen atoms in total. The first kappa shape index (κ1) is 21.6. The number of para-hydroxylation sites is 1. The molecule has 8 heteroatoms. The molecule has 0 saturated carbocycles. The normalized spacial score (nSPS) is 10.8. The molecule has 0 atom stereocenters. The van der Waals surface area contributed by atoms with Crippen LogP contribution >= 0.6 is 11.8 Å². The molecular weight excluding hydrogens is 398 g/mol. The molecular formula is C22H25N5O2S. The number of nitrogens with one attached hydrogen (secondary N) is 3. The molecule has 3 N–H and O–H groups in total. The summed E-state index contributed by atoms with van der Waals surface area (Å²) < 4.78 is 0. The number of aryl methyl sites for hydroxylation is 1. The fourth-order valence-corrected chi connectivity index (χ4v) is 3.25. The predicted octanol–water partition coefficient (Wildman–Crippen LogP) is 3.90. The number of rotatable bonds is 8. The van der Waals surface area contributed by atoms with E-state index in [4.69, 9.17) is 0 Å². The second-order valence-corrected chi connectivity index (χ2v) is 8.26. The third-order valence-electron chi connectivity index (χ3n) is 4.24. The average Bonchev–Trinajstić information content (AvgIpc) is 3.20. The summed E-state index contributed by atoms with van der Waals surface area (Å²) in [6.07, 6.45) is 0. The Labute approximate surface area is 180 Å². The van der Waals surface area contributed by atoms with Gasteiger partial charge in [0, 0.05) is 12.1 Å². The molecule has 0 aliphatic carbocycles. The van der Waals surface area contributed by atoms with E-state index in [9.17, 15) is 9.59 Å². The van der Waals surface area contributed by atoms with Gasteiger partial charge < -0.3 is 10.6 Å². The van der Waals surface area contributed by atoms with E-state index < -0.39 is 0 Å². The van der Waals surface area contributed by atoms with E-state index in [-0.39, 0.29) is 17.6 Å². The topological polar surface area (TPSA) is 99.8 Å². The Balaban J connectivity index is 1.58. The average molecular weight is 424 g/mol. The number of benzene rings is 2. The van der Waals surface area contributed by atoms with E-state index in [1.165, 1.54) is 17.3 Å². The fraction of sp³-hybridized carbons (Fsp3) is 0.273. The van der Waals surface area contributed by atoms with Crippen molar-refractivity contribution in [1.29, 1.82) is 0 Å². The first-order chi connectivity index (χ1) is 14.4. The molecule has 1 heterocycles. The zero-order valence-electron chi connectivity index (χ0n) is 17.2. The Bertz CT molecular complexity index is 1010. The second kappa shape index (κ2) is 10.1. The van der Waals surface area contributed by atoms with Crippen molar-refractivity contribution in [2.24, 2.45) is 5.92 Å². The Morgan fingerprint density at radius 3 is 2.57 bits per heavy atom. The van der Waals surface area contributed by atoms with Crippen molar-refractivity contribution in [1.82, 2.24) is 20.5 Å². The summed E-state index contributed by atoms with van der Waals surface area (Å²) in [6, 6.07) is 14.9. The molecule has 0 unspecified atom stereocenters. The van der Waals surface area contributed by atoms with Crippen molar-refractivity contribution in [3.63, 3.8) is 0 Å². The van der Waals surface area contributed by atoms with Gasteiger partial charge in [0.25, 0.3) is 5.91 Å². The van der Waals surface area contributed by atoms with Crippen LogP contribution in [0.3, 0.4) is 0 Å². The van der Waals surface area contributed by atoms with Crippen LogP contribution in [0, 0.1) is 12.8 Å². The van der Waals surface area contributed by atoms with Gasteiger partial charge in [-0.2, -0.15) is 0 Å². The van der Waals surface area contributed by atoms with E-state index in [1.54, 1.807) is 24.3 Å². The Kier molecular flexibility index (Phi) is 7.24. The Morgan fingerprint density at radius 2 is 1.83 bits per heavy atom. The molecule has 30 heavy (non-hydrogen) atoms. The Hall–Kier alpha value is -3.13. The molecule has 0 saturated heterocycles. The zero-order valence-corrected chi connectivity index (χ0v) is 18.0. The molecule has 3 rings (SSSR count). The second-order valence-electron chi connectivity index (χ2n) is 7.32. The van der Waals surface area contributed by atoms with Gasteiger partial charge in [0.15, 0.2) is 5.82 Å². The molecule has 3 aromatic rings. The lowest BCUT2D eigenvalue weighted by molar-refractivity contribution is -0.113. The number of thioether (sulfide) groups is 1. The highest BCUT2D eigenvalue weighted by Gasteiger charge is 2.14. The van der Waals surface area contributed by atoms with Crippen LogP contribution in [0.4, 0.5) is 5.69 Å². The third kappa shape index (κ3) is 5.93. The van der Waals surface area contributed by atoms with Gasteiger partial charge in [-0.3, -0.25) is 14.7 Å². The lowest BCUT2D eigenvalue weighted by atomic mass is 10.1. The SMILES string of the molecule is Cc1ccc(-c2nc(SCC(=O)Nc3ccccc3C(=O)NCC(C)C)n[nH]2)cc1. The third-order valence-corrected chi connectivity index (χ3v) is 5.09. The number of nitrogens with zero attached hydrogens (tertiary/aromatic N) is 2. The molecule has 2 aromatic carbocycles. The van der Waals surface area contributed by atoms with Crippen LogP contribution in [0.25, 0.3) is 11.4 Å². The highest BCUT2D eigenvalue weighted by atomic mass is 32.2. The monoisotopic (exact) mass is 423 g/mol. The summed E-state index contributed by atoms with van der Waals surface area (Å²) in [4.78, 5) is 29.2. The van der Waals surface area contributed by atoms with Crippen LogP contribution in [-0.2, 0) is 4.79 Å². The van der Waals surface area contributed by atoms with Gasteiger partial charge >= 0.3 is 0 Å². The largest absolute Gasteiger partial charge is 0.352 e.